The molecule has 0 bridgehead atoms. The molecule has 2 heterocycles. The van der Waals surface area contributed by atoms with Crippen LogP contribution >= 0.6 is 23.2 Å². The number of benzene rings is 1. The number of nitrogens with zero attached hydrogens (tertiary/aromatic N) is 4. The summed E-state index contributed by atoms with van der Waals surface area (Å²) in [5.41, 5.74) is 7.81. The second kappa shape index (κ2) is 5.11. The molecule has 0 aliphatic heterocycles. The Hall–Kier alpha value is -2.11. The highest BCUT2D eigenvalue weighted by molar-refractivity contribution is 6.35. The molecular weight excluding hydrogens is 297 g/mol. The molecule has 3 rings (SSSR count). The van der Waals surface area contributed by atoms with E-state index in [2.05, 4.69) is 15.0 Å². The van der Waals surface area contributed by atoms with Crippen molar-refractivity contribution in [3.05, 3.63) is 53.0 Å². The molecule has 0 saturated heterocycles. The van der Waals surface area contributed by atoms with Gasteiger partial charge < -0.3 is 5.73 Å². The van der Waals surface area contributed by atoms with Gasteiger partial charge in [0.05, 0.1) is 34.6 Å². The van der Waals surface area contributed by atoms with Gasteiger partial charge in [0.15, 0.2) is 0 Å². The Balaban J connectivity index is 2.15. The Morgan fingerprint density at radius 1 is 1.15 bits per heavy atom. The van der Waals surface area contributed by atoms with Gasteiger partial charge in [-0.2, -0.15) is 0 Å². The lowest BCUT2D eigenvalue weighted by atomic mass is 10.2. The van der Waals surface area contributed by atoms with E-state index in [1.807, 2.05) is 10.6 Å². The molecule has 0 atom stereocenters. The lowest BCUT2D eigenvalue weighted by Crippen LogP contribution is -2.00. The number of imidazole rings is 1. The van der Waals surface area contributed by atoms with Gasteiger partial charge in [0.2, 0.25) is 5.95 Å². The van der Waals surface area contributed by atoms with Crippen LogP contribution in [0.25, 0.3) is 17.1 Å². The van der Waals surface area contributed by atoms with Crippen molar-refractivity contribution in [1.82, 2.24) is 19.5 Å². The van der Waals surface area contributed by atoms with E-state index in [4.69, 9.17) is 28.9 Å². The zero-order chi connectivity index (χ0) is 14.1. The molecule has 0 amide bonds. The lowest BCUT2D eigenvalue weighted by molar-refractivity contribution is 1.05. The maximum Gasteiger partial charge on any atom is 0.220 e. The number of hydrogen-bond donors (Lipinski definition) is 1. The molecule has 2 N–H and O–H groups in total. The highest BCUT2D eigenvalue weighted by Gasteiger charge is 2.11. The van der Waals surface area contributed by atoms with Crippen LogP contribution in [0, 0.1) is 0 Å². The molecule has 0 spiro atoms. The van der Waals surface area contributed by atoms with E-state index in [-0.39, 0.29) is 5.95 Å². The molecule has 0 unspecified atom stereocenters. The van der Waals surface area contributed by atoms with E-state index in [9.17, 15) is 0 Å². The fourth-order valence-corrected chi connectivity index (χ4v) is 2.37. The highest BCUT2D eigenvalue weighted by atomic mass is 35.5. The summed E-state index contributed by atoms with van der Waals surface area (Å²) in [7, 11) is 0. The molecule has 3 aromatic rings. The summed E-state index contributed by atoms with van der Waals surface area (Å²) in [5.74, 6) is 0.206. The summed E-state index contributed by atoms with van der Waals surface area (Å²) in [5, 5.41) is 1.10. The minimum atomic E-state index is 0.206. The van der Waals surface area contributed by atoms with Crippen molar-refractivity contribution in [2.75, 3.05) is 5.73 Å². The van der Waals surface area contributed by atoms with Crippen LogP contribution in [0.4, 0.5) is 5.95 Å². The van der Waals surface area contributed by atoms with Gasteiger partial charge in [-0.3, -0.25) is 4.57 Å². The molecule has 100 valence electrons. The third kappa shape index (κ3) is 2.33. The van der Waals surface area contributed by atoms with Crippen LogP contribution in [0.2, 0.25) is 10.0 Å². The van der Waals surface area contributed by atoms with Crippen molar-refractivity contribution in [2.24, 2.45) is 0 Å². The van der Waals surface area contributed by atoms with E-state index in [0.29, 0.717) is 15.7 Å². The van der Waals surface area contributed by atoms with Crippen LogP contribution in [0.3, 0.4) is 0 Å². The molecule has 5 nitrogen and oxygen atoms in total. The molecule has 2 aromatic heterocycles. The van der Waals surface area contributed by atoms with Crippen molar-refractivity contribution in [2.45, 2.75) is 0 Å². The number of rotatable bonds is 2. The molecule has 0 aliphatic carbocycles. The van der Waals surface area contributed by atoms with Crippen molar-refractivity contribution in [1.29, 1.82) is 0 Å². The number of nitrogens with two attached hydrogens (primary N) is 1. The predicted octanol–water partition coefficient (Wildman–Crippen LogP) is 3.22. The number of aromatic nitrogens is 4. The summed E-state index contributed by atoms with van der Waals surface area (Å²) in [6.45, 7) is 0. The standard InChI is InChI=1S/C13H9Cl2N5/c14-8-1-2-11(9(15)5-8)20-7-17-6-12(20)10-3-4-18-13(16)19-10/h1-7H,(H2,16,18,19). The molecule has 0 saturated carbocycles. The second-order valence-electron chi connectivity index (χ2n) is 4.04. The largest absolute Gasteiger partial charge is 0.368 e. The Kier molecular flexibility index (Phi) is 3.30. The summed E-state index contributed by atoms with van der Waals surface area (Å²) in [6, 6.07) is 7.02. The van der Waals surface area contributed by atoms with Crippen molar-refractivity contribution >= 4 is 29.2 Å². The van der Waals surface area contributed by atoms with Crippen molar-refractivity contribution in [3.8, 4) is 17.1 Å². The van der Waals surface area contributed by atoms with Crippen LogP contribution in [-0.4, -0.2) is 19.5 Å². The van der Waals surface area contributed by atoms with Gasteiger partial charge in [-0.1, -0.05) is 23.2 Å². The van der Waals surface area contributed by atoms with Crippen molar-refractivity contribution < 1.29 is 0 Å². The first-order chi connectivity index (χ1) is 9.65. The monoisotopic (exact) mass is 305 g/mol. The molecule has 1 aromatic carbocycles. The summed E-state index contributed by atoms with van der Waals surface area (Å²) in [6.07, 6.45) is 4.94. The van der Waals surface area contributed by atoms with Gasteiger partial charge in [0, 0.05) is 11.2 Å². The van der Waals surface area contributed by atoms with Crippen LogP contribution in [-0.2, 0) is 0 Å². The van der Waals surface area contributed by atoms with Gasteiger partial charge in [0.1, 0.15) is 0 Å². The first-order valence-corrected chi connectivity index (χ1v) is 6.47. The molecular formula is C13H9Cl2N5. The Labute approximate surface area is 125 Å². The quantitative estimate of drug-likeness (QED) is 0.789. The fraction of sp³-hybridized carbons (Fsp3) is 0. The first kappa shape index (κ1) is 12.9. The van der Waals surface area contributed by atoms with Crippen LogP contribution in [0.1, 0.15) is 0 Å². The SMILES string of the molecule is Nc1nccc(-c2cncn2-c2ccc(Cl)cc2Cl)n1. The minimum Gasteiger partial charge on any atom is -0.368 e. The van der Waals surface area contributed by atoms with E-state index < -0.39 is 0 Å². The topological polar surface area (TPSA) is 69.6 Å². The third-order valence-corrected chi connectivity index (χ3v) is 3.28. The maximum atomic E-state index is 6.22. The smallest absolute Gasteiger partial charge is 0.220 e. The van der Waals surface area contributed by atoms with Gasteiger partial charge >= 0.3 is 0 Å². The Morgan fingerprint density at radius 3 is 2.75 bits per heavy atom. The normalized spacial score (nSPS) is 10.7. The maximum absolute atomic E-state index is 6.22. The van der Waals surface area contributed by atoms with E-state index in [1.165, 1.54) is 0 Å². The summed E-state index contributed by atoms with van der Waals surface area (Å²) in [4.78, 5) is 12.2. The zero-order valence-electron chi connectivity index (χ0n) is 10.2. The van der Waals surface area contributed by atoms with Gasteiger partial charge in [-0.05, 0) is 24.3 Å². The Morgan fingerprint density at radius 2 is 2.00 bits per heavy atom. The molecule has 0 fully saturated rings. The lowest BCUT2D eigenvalue weighted by Gasteiger charge is -2.10. The molecule has 0 aliphatic rings. The Bertz CT molecular complexity index is 769. The van der Waals surface area contributed by atoms with E-state index >= 15 is 0 Å². The van der Waals surface area contributed by atoms with E-state index in [1.54, 1.807) is 36.9 Å². The van der Waals surface area contributed by atoms with Crippen LogP contribution < -0.4 is 5.73 Å². The van der Waals surface area contributed by atoms with E-state index in [0.717, 1.165) is 11.4 Å². The van der Waals surface area contributed by atoms with Crippen LogP contribution in [0.15, 0.2) is 43.0 Å². The zero-order valence-corrected chi connectivity index (χ0v) is 11.7. The fourth-order valence-electron chi connectivity index (χ4n) is 1.87. The second-order valence-corrected chi connectivity index (χ2v) is 4.89. The molecule has 7 heteroatoms. The van der Waals surface area contributed by atoms with Crippen LogP contribution in [0.5, 0.6) is 0 Å². The number of anilines is 1. The number of nitrogen functional groups attached to an aromatic ring is 1. The summed E-state index contributed by atoms with van der Waals surface area (Å²) < 4.78 is 1.82. The molecule has 20 heavy (non-hydrogen) atoms. The highest BCUT2D eigenvalue weighted by Crippen LogP contribution is 2.28. The average Bonchev–Trinajstić information content (AvgIpc) is 2.87. The third-order valence-electron chi connectivity index (χ3n) is 2.74. The number of halogens is 2. The summed E-state index contributed by atoms with van der Waals surface area (Å²) >= 11 is 12.1. The van der Waals surface area contributed by atoms with Crippen molar-refractivity contribution in [3.63, 3.8) is 0 Å². The van der Waals surface area contributed by atoms with Gasteiger partial charge in [0.25, 0.3) is 0 Å². The average molecular weight is 306 g/mol. The minimum absolute atomic E-state index is 0.206. The number of hydrogen-bond acceptors (Lipinski definition) is 4. The van der Waals surface area contributed by atoms with Gasteiger partial charge in [-0.25, -0.2) is 15.0 Å². The predicted molar refractivity (Wildman–Crippen MR) is 79.0 cm³/mol. The first-order valence-electron chi connectivity index (χ1n) is 5.72. The van der Waals surface area contributed by atoms with Gasteiger partial charge in [-0.15, -0.1) is 0 Å². The molecule has 0 radical (unpaired) electrons.